The second kappa shape index (κ2) is 3.16. The van der Waals surface area contributed by atoms with Crippen molar-refractivity contribution in [3.63, 3.8) is 0 Å². The van der Waals surface area contributed by atoms with Crippen molar-refractivity contribution in [2.45, 2.75) is 0 Å². The van der Waals surface area contributed by atoms with Crippen molar-refractivity contribution in [2.75, 3.05) is 5.73 Å². The second-order valence-electron chi connectivity index (χ2n) is 4.14. The predicted molar refractivity (Wildman–Crippen MR) is 70.2 cm³/mol. The first-order valence-corrected chi connectivity index (χ1v) is 5.61. The molecule has 0 aliphatic rings. The first-order chi connectivity index (χ1) is 8.83. The Balaban J connectivity index is 2.35. The Bertz CT molecular complexity index is 894. The number of anilines is 1. The van der Waals surface area contributed by atoms with Crippen molar-refractivity contribution in [2.24, 2.45) is 0 Å². The summed E-state index contributed by atoms with van der Waals surface area (Å²) in [5.74, 6) is 0.279. The van der Waals surface area contributed by atoms with Gasteiger partial charge in [0.2, 0.25) is 5.95 Å². The predicted octanol–water partition coefficient (Wildman–Crippen LogP) is 2.01. The highest BCUT2D eigenvalue weighted by atomic mass is 15.0. The number of nitrogens with zero attached hydrogens (tertiary/aromatic N) is 4. The van der Waals surface area contributed by atoms with Crippen LogP contribution in [0.4, 0.5) is 5.95 Å². The van der Waals surface area contributed by atoms with E-state index in [0.29, 0.717) is 0 Å². The molecule has 18 heavy (non-hydrogen) atoms. The first-order valence-electron chi connectivity index (χ1n) is 5.61. The van der Waals surface area contributed by atoms with Gasteiger partial charge < -0.3 is 5.73 Å². The van der Waals surface area contributed by atoms with Crippen LogP contribution in [0.3, 0.4) is 0 Å². The molecular formula is C13H9N5. The van der Waals surface area contributed by atoms with Gasteiger partial charge in [-0.25, -0.2) is 15.0 Å². The van der Waals surface area contributed by atoms with Crippen LogP contribution in [0.2, 0.25) is 0 Å². The van der Waals surface area contributed by atoms with Gasteiger partial charge in [0.05, 0.1) is 11.0 Å². The number of rotatable bonds is 0. The van der Waals surface area contributed by atoms with E-state index in [9.17, 15) is 0 Å². The lowest BCUT2D eigenvalue weighted by Gasteiger charge is -2.00. The number of nitrogens with two attached hydrogens (primary N) is 1. The normalized spacial score (nSPS) is 11.6. The summed E-state index contributed by atoms with van der Waals surface area (Å²) in [5.41, 5.74) is 9.29. The topological polar surface area (TPSA) is 69.1 Å². The maximum atomic E-state index is 5.68. The van der Waals surface area contributed by atoms with E-state index in [4.69, 9.17) is 5.73 Å². The van der Waals surface area contributed by atoms with Crippen LogP contribution < -0.4 is 5.73 Å². The number of hydrogen-bond acceptors (Lipinski definition) is 4. The largest absolute Gasteiger partial charge is 0.368 e. The van der Waals surface area contributed by atoms with Crippen LogP contribution in [0, 0.1) is 0 Å². The average Bonchev–Trinajstić information content (AvgIpc) is 2.77. The van der Waals surface area contributed by atoms with E-state index < -0.39 is 0 Å². The lowest BCUT2D eigenvalue weighted by Crippen LogP contribution is -1.95. The lowest BCUT2D eigenvalue weighted by atomic mass is 10.2. The Morgan fingerprint density at radius 3 is 2.94 bits per heavy atom. The van der Waals surface area contributed by atoms with Crippen molar-refractivity contribution in [3.05, 3.63) is 42.7 Å². The lowest BCUT2D eigenvalue weighted by molar-refractivity contribution is 1.21. The first kappa shape index (κ1) is 9.35. The molecule has 0 atom stereocenters. The quantitative estimate of drug-likeness (QED) is 0.506. The number of benzene rings is 1. The highest BCUT2D eigenvalue weighted by Gasteiger charge is 2.09. The van der Waals surface area contributed by atoms with Crippen molar-refractivity contribution in [1.29, 1.82) is 0 Å². The van der Waals surface area contributed by atoms with E-state index >= 15 is 0 Å². The molecule has 3 heterocycles. The summed E-state index contributed by atoms with van der Waals surface area (Å²) >= 11 is 0. The van der Waals surface area contributed by atoms with Gasteiger partial charge in [-0.1, -0.05) is 6.07 Å². The molecule has 0 aliphatic carbocycles. The Morgan fingerprint density at radius 1 is 1.06 bits per heavy atom. The number of fused-ring (bicyclic) bond motifs is 5. The van der Waals surface area contributed by atoms with E-state index in [1.54, 1.807) is 6.20 Å². The van der Waals surface area contributed by atoms with E-state index in [0.717, 1.165) is 27.6 Å². The van der Waals surface area contributed by atoms with Crippen molar-refractivity contribution >= 4 is 33.5 Å². The van der Waals surface area contributed by atoms with Crippen LogP contribution in [0.15, 0.2) is 42.7 Å². The maximum Gasteiger partial charge on any atom is 0.220 e. The Morgan fingerprint density at radius 2 is 2.00 bits per heavy atom. The van der Waals surface area contributed by atoms with E-state index in [1.807, 2.05) is 40.9 Å². The molecule has 5 heteroatoms. The smallest absolute Gasteiger partial charge is 0.220 e. The van der Waals surface area contributed by atoms with Crippen LogP contribution in [0.5, 0.6) is 0 Å². The summed E-state index contributed by atoms with van der Waals surface area (Å²) in [6, 6.07) is 9.84. The molecule has 0 bridgehead atoms. The van der Waals surface area contributed by atoms with Gasteiger partial charge in [-0.05, 0) is 24.3 Å². The van der Waals surface area contributed by atoms with Crippen LogP contribution in [-0.2, 0) is 0 Å². The zero-order chi connectivity index (χ0) is 12.1. The Labute approximate surface area is 102 Å². The average molecular weight is 235 g/mol. The third kappa shape index (κ3) is 1.13. The highest BCUT2D eigenvalue weighted by molar-refractivity contribution is 6.03. The summed E-state index contributed by atoms with van der Waals surface area (Å²) < 4.78 is 2.02. The van der Waals surface area contributed by atoms with Crippen LogP contribution in [0.25, 0.3) is 27.6 Å². The molecule has 0 aliphatic heterocycles. The molecule has 86 valence electrons. The number of pyridine rings is 1. The molecule has 0 spiro atoms. The monoisotopic (exact) mass is 235 g/mol. The summed E-state index contributed by atoms with van der Waals surface area (Å²) in [5, 5.41) is 0.961. The standard InChI is InChI=1S/C13H9N5/c14-13-15-7-8-4-5-9-12(11(8)17-13)18-6-2-1-3-10(18)16-9/h1-7H,(H2,14,15,17). The van der Waals surface area contributed by atoms with Gasteiger partial charge in [-0.15, -0.1) is 0 Å². The van der Waals surface area contributed by atoms with Gasteiger partial charge in [0, 0.05) is 17.8 Å². The number of hydrogen-bond donors (Lipinski definition) is 1. The summed E-state index contributed by atoms with van der Waals surface area (Å²) in [6.07, 6.45) is 3.71. The fourth-order valence-electron chi connectivity index (χ4n) is 2.25. The van der Waals surface area contributed by atoms with Crippen LogP contribution in [0.1, 0.15) is 0 Å². The maximum absolute atomic E-state index is 5.68. The van der Waals surface area contributed by atoms with Gasteiger partial charge in [-0.3, -0.25) is 4.40 Å². The van der Waals surface area contributed by atoms with Crippen LogP contribution >= 0.6 is 0 Å². The number of nitrogen functional groups attached to an aromatic ring is 1. The molecule has 0 saturated carbocycles. The molecule has 1 aromatic carbocycles. The fourth-order valence-corrected chi connectivity index (χ4v) is 2.25. The van der Waals surface area contributed by atoms with E-state index in [1.165, 1.54) is 0 Å². The minimum absolute atomic E-state index is 0.279. The summed E-state index contributed by atoms with van der Waals surface area (Å²) in [6.45, 7) is 0. The summed E-state index contributed by atoms with van der Waals surface area (Å²) in [4.78, 5) is 12.9. The Hall–Kier alpha value is -2.69. The third-order valence-electron chi connectivity index (χ3n) is 3.04. The molecule has 0 saturated heterocycles. The van der Waals surface area contributed by atoms with Crippen molar-refractivity contribution < 1.29 is 0 Å². The second-order valence-corrected chi connectivity index (χ2v) is 4.14. The third-order valence-corrected chi connectivity index (χ3v) is 3.04. The summed E-state index contributed by atoms with van der Waals surface area (Å²) in [7, 11) is 0. The molecule has 4 rings (SSSR count). The zero-order valence-corrected chi connectivity index (χ0v) is 9.41. The minimum Gasteiger partial charge on any atom is -0.368 e. The molecule has 2 N–H and O–H groups in total. The molecule has 0 radical (unpaired) electrons. The SMILES string of the molecule is Nc1ncc2ccc3nc4ccccn4c3c2n1. The Kier molecular flexibility index (Phi) is 1.64. The molecule has 4 aromatic rings. The molecule has 5 nitrogen and oxygen atoms in total. The molecular weight excluding hydrogens is 226 g/mol. The highest BCUT2D eigenvalue weighted by Crippen LogP contribution is 2.24. The molecule has 0 unspecified atom stereocenters. The van der Waals surface area contributed by atoms with Gasteiger partial charge in [0.1, 0.15) is 11.2 Å². The number of aromatic nitrogens is 4. The van der Waals surface area contributed by atoms with Gasteiger partial charge in [0.25, 0.3) is 0 Å². The van der Waals surface area contributed by atoms with E-state index in [2.05, 4.69) is 15.0 Å². The number of imidazole rings is 1. The zero-order valence-electron chi connectivity index (χ0n) is 9.41. The molecule has 3 aromatic heterocycles. The van der Waals surface area contributed by atoms with Crippen molar-refractivity contribution in [1.82, 2.24) is 19.4 Å². The molecule has 0 fully saturated rings. The van der Waals surface area contributed by atoms with E-state index in [-0.39, 0.29) is 5.95 Å². The van der Waals surface area contributed by atoms with Crippen LogP contribution in [-0.4, -0.2) is 19.4 Å². The minimum atomic E-state index is 0.279. The van der Waals surface area contributed by atoms with Gasteiger partial charge in [0.15, 0.2) is 0 Å². The van der Waals surface area contributed by atoms with Gasteiger partial charge >= 0.3 is 0 Å². The molecule has 0 amide bonds. The van der Waals surface area contributed by atoms with Gasteiger partial charge in [-0.2, -0.15) is 0 Å². The van der Waals surface area contributed by atoms with Crippen molar-refractivity contribution in [3.8, 4) is 0 Å². The fraction of sp³-hybridized carbons (Fsp3) is 0.